The second-order valence-corrected chi connectivity index (χ2v) is 4.73. The van der Waals surface area contributed by atoms with Crippen molar-refractivity contribution in [3.05, 3.63) is 11.7 Å². The van der Waals surface area contributed by atoms with E-state index in [0.717, 1.165) is 38.1 Å². The number of hydrogen-bond acceptors (Lipinski definition) is 5. The van der Waals surface area contributed by atoms with Crippen LogP contribution in [0.3, 0.4) is 0 Å². The Kier molecular flexibility index (Phi) is 2.65. The summed E-state index contributed by atoms with van der Waals surface area (Å²) in [6.07, 6.45) is 3.47. The predicted octanol–water partition coefficient (Wildman–Crippen LogP) is 1.20. The van der Waals surface area contributed by atoms with Crippen molar-refractivity contribution in [3.8, 4) is 0 Å². The Labute approximate surface area is 93.8 Å². The summed E-state index contributed by atoms with van der Waals surface area (Å²) in [5, 5.41) is 13.2. The van der Waals surface area contributed by atoms with Gasteiger partial charge in [-0.15, -0.1) is 0 Å². The monoisotopic (exact) mass is 224 g/mol. The summed E-state index contributed by atoms with van der Waals surface area (Å²) in [6.45, 7) is 1.54. The Morgan fingerprint density at radius 3 is 2.81 bits per heavy atom. The van der Waals surface area contributed by atoms with Crippen LogP contribution in [0.15, 0.2) is 4.52 Å². The van der Waals surface area contributed by atoms with E-state index >= 15 is 0 Å². The lowest BCUT2D eigenvalue weighted by molar-refractivity contribution is 0.0624. The van der Waals surface area contributed by atoms with Crippen molar-refractivity contribution in [2.45, 2.75) is 43.6 Å². The van der Waals surface area contributed by atoms with Gasteiger partial charge in [0.25, 0.3) is 0 Å². The summed E-state index contributed by atoms with van der Waals surface area (Å²) >= 11 is 0. The van der Waals surface area contributed by atoms with Gasteiger partial charge in [0.1, 0.15) is 0 Å². The third-order valence-electron chi connectivity index (χ3n) is 3.45. The Balaban J connectivity index is 1.67. The van der Waals surface area contributed by atoms with Crippen LogP contribution in [0, 0.1) is 0 Å². The number of aromatic nitrogens is 2. The quantitative estimate of drug-likeness (QED) is 0.817. The van der Waals surface area contributed by atoms with Crippen molar-refractivity contribution in [2.24, 2.45) is 0 Å². The van der Waals surface area contributed by atoms with Gasteiger partial charge >= 0.3 is 0 Å². The van der Waals surface area contributed by atoms with Gasteiger partial charge in [0.2, 0.25) is 5.89 Å². The zero-order valence-electron chi connectivity index (χ0n) is 9.13. The molecule has 0 aromatic carbocycles. The third kappa shape index (κ3) is 1.85. The third-order valence-corrected chi connectivity index (χ3v) is 3.45. The van der Waals surface area contributed by atoms with Crippen molar-refractivity contribution < 1.29 is 14.4 Å². The summed E-state index contributed by atoms with van der Waals surface area (Å²) in [4.78, 5) is 4.42. The molecule has 1 aromatic heterocycles. The molecule has 88 valence electrons. The lowest BCUT2D eigenvalue weighted by Crippen LogP contribution is -2.26. The van der Waals surface area contributed by atoms with Crippen molar-refractivity contribution in [1.82, 2.24) is 10.1 Å². The minimum absolute atomic E-state index is 0.182. The first-order chi connectivity index (χ1) is 7.83. The highest BCUT2D eigenvalue weighted by Gasteiger charge is 2.33. The fraction of sp³-hybridized carbons (Fsp3) is 0.818. The molecule has 2 heterocycles. The van der Waals surface area contributed by atoms with Gasteiger partial charge in [0.05, 0.1) is 12.7 Å². The fourth-order valence-corrected chi connectivity index (χ4v) is 2.31. The zero-order chi connectivity index (χ0) is 11.0. The molecule has 1 saturated heterocycles. The molecule has 5 nitrogen and oxygen atoms in total. The van der Waals surface area contributed by atoms with Gasteiger partial charge in [-0.05, 0) is 25.7 Å². The second kappa shape index (κ2) is 4.14. The molecule has 16 heavy (non-hydrogen) atoms. The van der Waals surface area contributed by atoms with Crippen LogP contribution in [0.25, 0.3) is 0 Å². The van der Waals surface area contributed by atoms with Crippen LogP contribution < -0.4 is 0 Å². The molecule has 0 amide bonds. The van der Waals surface area contributed by atoms with E-state index in [1.165, 1.54) is 0 Å². The van der Waals surface area contributed by atoms with E-state index in [0.29, 0.717) is 12.5 Å². The fourth-order valence-electron chi connectivity index (χ4n) is 2.31. The summed E-state index contributed by atoms with van der Waals surface area (Å²) in [7, 11) is 0. The van der Waals surface area contributed by atoms with Crippen LogP contribution in [0.5, 0.6) is 0 Å². The van der Waals surface area contributed by atoms with Crippen LogP contribution in [0.2, 0.25) is 0 Å². The molecule has 1 unspecified atom stereocenters. The molecule has 1 N–H and O–H groups in total. The maximum atomic E-state index is 9.23. The van der Waals surface area contributed by atoms with Gasteiger partial charge in [-0.1, -0.05) is 5.16 Å². The minimum atomic E-state index is -0.182. The first-order valence-corrected chi connectivity index (χ1v) is 5.92. The smallest absolute Gasteiger partial charge is 0.229 e. The Morgan fingerprint density at radius 2 is 2.12 bits per heavy atom. The molecule has 1 atom stereocenters. The highest BCUT2D eigenvalue weighted by molar-refractivity contribution is 5.04. The SMILES string of the molecule is OC1CC(c2nc(C3CCCOC3)no2)C1. The molecule has 1 aliphatic carbocycles. The lowest BCUT2D eigenvalue weighted by Gasteiger charge is -2.27. The summed E-state index contributed by atoms with van der Waals surface area (Å²) in [5.41, 5.74) is 0. The average molecular weight is 224 g/mol. The predicted molar refractivity (Wildman–Crippen MR) is 55.1 cm³/mol. The Morgan fingerprint density at radius 1 is 1.25 bits per heavy atom. The molecular formula is C11H16N2O3. The largest absolute Gasteiger partial charge is 0.393 e. The van der Waals surface area contributed by atoms with Gasteiger partial charge < -0.3 is 14.4 Å². The molecule has 0 spiro atoms. The average Bonchev–Trinajstić information content (AvgIpc) is 2.75. The maximum absolute atomic E-state index is 9.23. The molecule has 1 saturated carbocycles. The summed E-state index contributed by atoms with van der Waals surface area (Å²) in [5.74, 6) is 2.01. The van der Waals surface area contributed by atoms with Crippen LogP contribution in [0.1, 0.15) is 49.2 Å². The molecule has 0 bridgehead atoms. The van der Waals surface area contributed by atoms with Gasteiger partial charge in [-0.25, -0.2) is 0 Å². The van der Waals surface area contributed by atoms with Crippen molar-refractivity contribution in [2.75, 3.05) is 13.2 Å². The lowest BCUT2D eigenvalue weighted by atomic mass is 9.82. The van der Waals surface area contributed by atoms with Crippen LogP contribution in [0.4, 0.5) is 0 Å². The molecule has 1 aliphatic heterocycles. The summed E-state index contributed by atoms with van der Waals surface area (Å²) < 4.78 is 10.6. The van der Waals surface area contributed by atoms with E-state index in [1.54, 1.807) is 0 Å². The number of aliphatic hydroxyl groups is 1. The molecule has 2 aliphatic rings. The number of hydrogen-bond donors (Lipinski definition) is 1. The zero-order valence-corrected chi connectivity index (χ0v) is 9.13. The van der Waals surface area contributed by atoms with Crippen molar-refractivity contribution in [3.63, 3.8) is 0 Å². The number of nitrogens with zero attached hydrogens (tertiary/aromatic N) is 2. The Hall–Kier alpha value is -0.940. The van der Waals surface area contributed by atoms with E-state index in [4.69, 9.17) is 9.26 Å². The van der Waals surface area contributed by atoms with Crippen LogP contribution >= 0.6 is 0 Å². The van der Waals surface area contributed by atoms with E-state index in [1.807, 2.05) is 0 Å². The van der Waals surface area contributed by atoms with Gasteiger partial charge in [-0.2, -0.15) is 4.98 Å². The van der Waals surface area contributed by atoms with E-state index < -0.39 is 0 Å². The molecule has 0 radical (unpaired) electrons. The first kappa shape index (κ1) is 10.2. The second-order valence-electron chi connectivity index (χ2n) is 4.73. The van der Waals surface area contributed by atoms with E-state index in [2.05, 4.69) is 10.1 Å². The summed E-state index contributed by atoms with van der Waals surface area (Å²) in [6, 6.07) is 0. The van der Waals surface area contributed by atoms with Gasteiger partial charge in [-0.3, -0.25) is 0 Å². The van der Waals surface area contributed by atoms with E-state index in [9.17, 15) is 5.11 Å². The minimum Gasteiger partial charge on any atom is -0.393 e. The van der Waals surface area contributed by atoms with Gasteiger partial charge in [0, 0.05) is 18.4 Å². The van der Waals surface area contributed by atoms with Crippen LogP contribution in [-0.4, -0.2) is 34.6 Å². The number of aliphatic hydroxyl groups excluding tert-OH is 1. The van der Waals surface area contributed by atoms with Crippen LogP contribution in [-0.2, 0) is 4.74 Å². The highest BCUT2D eigenvalue weighted by Crippen LogP contribution is 2.36. The Bertz CT molecular complexity index is 354. The normalized spacial score (nSPS) is 34.7. The molecule has 2 fully saturated rings. The van der Waals surface area contributed by atoms with E-state index in [-0.39, 0.29) is 17.9 Å². The molecule has 5 heteroatoms. The number of ether oxygens (including phenoxy) is 1. The topological polar surface area (TPSA) is 68.4 Å². The maximum Gasteiger partial charge on any atom is 0.229 e. The standard InChI is InChI=1S/C11H16N2O3/c14-9-4-8(5-9)11-12-10(13-16-11)7-2-1-3-15-6-7/h7-9,14H,1-6H2. The van der Waals surface area contributed by atoms with Crippen molar-refractivity contribution >= 4 is 0 Å². The van der Waals surface area contributed by atoms with Gasteiger partial charge in [0.15, 0.2) is 5.82 Å². The molecular weight excluding hydrogens is 208 g/mol. The molecule has 1 aromatic rings. The highest BCUT2D eigenvalue weighted by atomic mass is 16.5. The molecule has 3 rings (SSSR count). The first-order valence-electron chi connectivity index (χ1n) is 5.92. The van der Waals surface area contributed by atoms with Crippen molar-refractivity contribution in [1.29, 1.82) is 0 Å². The number of rotatable bonds is 2.